The highest BCUT2D eigenvalue weighted by Crippen LogP contribution is 2.19. The van der Waals surface area contributed by atoms with E-state index in [0.29, 0.717) is 31.1 Å². The van der Waals surface area contributed by atoms with Crippen LogP contribution in [0.3, 0.4) is 0 Å². The zero-order valence-corrected chi connectivity index (χ0v) is 13.8. The van der Waals surface area contributed by atoms with Crippen molar-refractivity contribution < 1.29 is 13.2 Å². The second-order valence-corrected chi connectivity index (χ2v) is 7.66. The minimum absolute atomic E-state index is 0.0725. The maximum atomic E-state index is 12.4. The third kappa shape index (κ3) is 3.85. The number of amides is 1. The minimum Gasteiger partial charge on any atom is -0.338 e. The van der Waals surface area contributed by atoms with E-state index in [4.69, 9.17) is 5.73 Å². The number of nitrogens with two attached hydrogens (primary N) is 1. The highest BCUT2D eigenvalue weighted by atomic mass is 32.2. The Morgan fingerprint density at radius 1 is 1.36 bits per heavy atom. The molecule has 0 aromatic heterocycles. The molecule has 1 aromatic rings. The molecule has 1 saturated heterocycles. The van der Waals surface area contributed by atoms with Crippen LogP contribution in [0.25, 0.3) is 0 Å². The van der Waals surface area contributed by atoms with Crippen LogP contribution in [-0.4, -0.2) is 44.9 Å². The van der Waals surface area contributed by atoms with Crippen LogP contribution in [0.4, 0.5) is 0 Å². The topological polar surface area (TPSA) is 92.5 Å². The first-order chi connectivity index (χ1) is 10.3. The number of hydrogen-bond donors (Lipinski definition) is 2. The van der Waals surface area contributed by atoms with Gasteiger partial charge in [0.2, 0.25) is 10.0 Å². The Morgan fingerprint density at radius 2 is 2.00 bits per heavy atom. The standard InChI is InChI=1S/C15H23N3O3S/c1-11(2)17-22(20,21)14-5-3-13(4-6-14)15(19)18-8-7-12(9-16)10-18/h3-6,11-12,17H,7-10,16H2,1-2H3. The predicted octanol–water partition coefficient (Wildman–Crippen LogP) is 0.794. The number of nitrogens with one attached hydrogen (secondary N) is 1. The normalized spacial score (nSPS) is 18.9. The number of likely N-dealkylation sites (tertiary alicyclic amines) is 1. The van der Waals surface area contributed by atoms with Crippen LogP contribution in [-0.2, 0) is 10.0 Å². The molecule has 1 amide bonds. The zero-order valence-electron chi connectivity index (χ0n) is 13.0. The van der Waals surface area contributed by atoms with Crippen molar-refractivity contribution in [1.29, 1.82) is 0 Å². The molecule has 0 saturated carbocycles. The molecular formula is C15H23N3O3S. The van der Waals surface area contributed by atoms with E-state index in [1.165, 1.54) is 12.1 Å². The molecule has 1 heterocycles. The number of benzene rings is 1. The van der Waals surface area contributed by atoms with Gasteiger partial charge in [-0.1, -0.05) is 0 Å². The predicted molar refractivity (Wildman–Crippen MR) is 85.0 cm³/mol. The van der Waals surface area contributed by atoms with Crippen LogP contribution in [0.1, 0.15) is 30.6 Å². The van der Waals surface area contributed by atoms with E-state index in [0.717, 1.165) is 6.42 Å². The summed E-state index contributed by atoms with van der Waals surface area (Å²) in [5.74, 6) is 0.288. The smallest absolute Gasteiger partial charge is 0.253 e. The second kappa shape index (κ2) is 6.76. The Hall–Kier alpha value is -1.44. The third-order valence-electron chi connectivity index (χ3n) is 3.71. The summed E-state index contributed by atoms with van der Waals surface area (Å²) in [7, 11) is -3.53. The molecule has 7 heteroatoms. The summed E-state index contributed by atoms with van der Waals surface area (Å²) in [6, 6.07) is 5.88. The SMILES string of the molecule is CC(C)NS(=O)(=O)c1ccc(C(=O)N2CCC(CN)C2)cc1. The fourth-order valence-electron chi connectivity index (χ4n) is 2.55. The molecule has 0 spiro atoms. The molecule has 0 aliphatic carbocycles. The molecule has 3 N–H and O–H groups in total. The quantitative estimate of drug-likeness (QED) is 0.837. The van der Waals surface area contributed by atoms with Gasteiger partial charge in [0.25, 0.3) is 5.91 Å². The molecular weight excluding hydrogens is 302 g/mol. The Labute approximate surface area is 131 Å². The molecule has 1 atom stereocenters. The first-order valence-corrected chi connectivity index (χ1v) is 8.93. The molecule has 1 fully saturated rings. The van der Waals surface area contributed by atoms with E-state index < -0.39 is 10.0 Å². The van der Waals surface area contributed by atoms with Gasteiger partial charge < -0.3 is 10.6 Å². The molecule has 22 heavy (non-hydrogen) atoms. The van der Waals surface area contributed by atoms with Crippen molar-refractivity contribution in [3.63, 3.8) is 0 Å². The van der Waals surface area contributed by atoms with Crippen molar-refractivity contribution in [1.82, 2.24) is 9.62 Å². The maximum Gasteiger partial charge on any atom is 0.253 e. The second-order valence-electron chi connectivity index (χ2n) is 5.94. The lowest BCUT2D eigenvalue weighted by molar-refractivity contribution is 0.0787. The van der Waals surface area contributed by atoms with Crippen LogP contribution < -0.4 is 10.5 Å². The van der Waals surface area contributed by atoms with Gasteiger partial charge in [-0.05, 0) is 57.0 Å². The maximum absolute atomic E-state index is 12.4. The summed E-state index contributed by atoms with van der Waals surface area (Å²) < 4.78 is 26.6. The van der Waals surface area contributed by atoms with Crippen molar-refractivity contribution in [3.8, 4) is 0 Å². The van der Waals surface area contributed by atoms with Gasteiger partial charge >= 0.3 is 0 Å². The van der Waals surface area contributed by atoms with Crippen molar-refractivity contribution in [3.05, 3.63) is 29.8 Å². The van der Waals surface area contributed by atoms with Crippen LogP contribution in [0.2, 0.25) is 0 Å². The lowest BCUT2D eigenvalue weighted by Crippen LogP contribution is -2.31. The first-order valence-electron chi connectivity index (χ1n) is 7.45. The van der Waals surface area contributed by atoms with Crippen LogP contribution in [0.15, 0.2) is 29.2 Å². The van der Waals surface area contributed by atoms with Crippen molar-refractivity contribution in [2.75, 3.05) is 19.6 Å². The molecule has 1 aliphatic rings. The molecule has 1 unspecified atom stereocenters. The summed E-state index contributed by atoms with van der Waals surface area (Å²) in [4.78, 5) is 14.3. The summed E-state index contributed by atoms with van der Waals surface area (Å²) in [5.41, 5.74) is 6.13. The fraction of sp³-hybridized carbons (Fsp3) is 0.533. The highest BCUT2D eigenvalue weighted by Gasteiger charge is 2.26. The fourth-order valence-corrected chi connectivity index (χ4v) is 3.80. The summed E-state index contributed by atoms with van der Waals surface area (Å²) in [6.07, 6.45) is 0.924. The van der Waals surface area contributed by atoms with Crippen molar-refractivity contribution in [2.24, 2.45) is 11.7 Å². The van der Waals surface area contributed by atoms with E-state index in [9.17, 15) is 13.2 Å². The van der Waals surface area contributed by atoms with E-state index in [1.54, 1.807) is 30.9 Å². The van der Waals surface area contributed by atoms with E-state index in [1.807, 2.05) is 0 Å². The van der Waals surface area contributed by atoms with Gasteiger partial charge in [-0.3, -0.25) is 4.79 Å². The average molecular weight is 325 g/mol. The van der Waals surface area contributed by atoms with Crippen molar-refractivity contribution >= 4 is 15.9 Å². The monoisotopic (exact) mass is 325 g/mol. The summed E-state index contributed by atoms with van der Waals surface area (Å²) >= 11 is 0. The molecule has 1 aromatic carbocycles. The molecule has 0 bridgehead atoms. The number of carbonyl (C=O) groups excluding carboxylic acids is 1. The van der Waals surface area contributed by atoms with E-state index in [2.05, 4.69) is 4.72 Å². The number of sulfonamides is 1. The van der Waals surface area contributed by atoms with Gasteiger partial charge in [0, 0.05) is 24.7 Å². The van der Waals surface area contributed by atoms with Crippen LogP contribution in [0.5, 0.6) is 0 Å². The van der Waals surface area contributed by atoms with Crippen LogP contribution in [0, 0.1) is 5.92 Å². The largest absolute Gasteiger partial charge is 0.338 e. The molecule has 122 valence electrons. The Kier molecular flexibility index (Phi) is 5.20. The third-order valence-corrected chi connectivity index (χ3v) is 5.38. The van der Waals surface area contributed by atoms with Gasteiger partial charge in [0.15, 0.2) is 0 Å². The number of rotatable bonds is 5. The van der Waals surface area contributed by atoms with Gasteiger partial charge in [-0.2, -0.15) is 0 Å². The summed E-state index contributed by atoms with van der Waals surface area (Å²) in [6.45, 7) is 5.48. The lowest BCUT2D eigenvalue weighted by Gasteiger charge is -2.16. The average Bonchev–Trinajstić information content (AvgIpc) is 2.94. The number of carbonyl (C=O) groups is 1. The first kappa shape index (κ1) is 16.9. The van der Waals surface area contributed by atoms with Crippen LogP contribution >= 0.6 is 0 Å². The van der Waals surface area contributed by atoms with Gasteiger partial charge in [-0.25, -0.2) is 13.1 Å². The molecule has 2 rings (SSSR count). The van der Waals surface area contributed by atoms with E-state index in [-0.39, 0.29) is 16.8 Å². The highest BCUT2D eigenvalue weighted by molar-refractivity contribution is 7.89. The Bertz CT molecular complexity index is 626. The Morgan fingerprint density at radius 3 is 2.50 bits per heavy atom. The zero-order chi connectivity index (χ0) is 16.3. The minimum atomic E-state index is -3.53. The lowest BCUT2D eigenvalue weighted by atomic mass is 10.1. The van der Waals surface area contributed by atoms with Crippen molar-refractivity contribution in [2.45, 2.75) is 31.2 Å². The van der Waals surface area contributed by atoms with E-state index >= 15 is 0 Å². The van der Waals surface area contributed by atoms with Gasteiger partial charge in [-0.15, -0.1) is 0 Å². The molecule has 6 nitrogen and oxygen atoms in total. The van der Waals surface area contributed by atoms with Gasteiger partial charge in [0.05, 0.1) is 4.90 Å². The Balaban J connectivity index is 2.11. The summed E-state index contributed by atoms with van der Waals surface area (Å²) in [5, 5.41) is 0. The molecule has 0 radical (unpaired) electrons. The number of nitrogens with zero attached hydrogens (tertiary/aromatic N) is 1. The number of hydrogen-bond acceptors (Lipinski definition) is 4. The molecule has 1 aliphatic heterocycles. The van der Waals surface area contributed by atoms with Gasteiger partial charge in [0.1, 0.15) is 0 Å².